The van der Waals surface area contributed by atoms with Gasteiger partial charge in [0.15, 0.2) is 0 Å². The van der Waals surface area contributed by atoms with E-state index in [1.807, 2.05) is 0 Å². The third-order valence-electron chi connectivity index (χ3n) is 4.35. The van der Waals surface area contributed by atoms with Crippen LogP contribution in [-0.4, -0.2) is 25.0 Å². The summed E-state index contributed by atoms with van der Waals surface area (Å²) in [5, 5.41) is 0. The number of hydrogen-bond donors (Lipinski definition) is 1. The molecule has 1 aliphatic heterocycles. The van der Waals surface area contributed by atoms with Crippen LogP contribution in [0.1, 0.15) is 18.0 Å². The summed E-state index contributed by atoms with van der Waals surface area (Å²) in [5.41, 5.74) is 9.82. The summed E-state index contributed by atoms with van der Waals surface area (Å²) in [6, 6.07) is 20.0. The van der Waals surface area contributed by atoms with Gasteiger partial charge in [-0.25, -0.2) is 0 Å². The molecule has 1 fully saturated rings. The van der Waals surface area contributed by atoms with E-state index < -0.39 is 0 Å². The van der Waals surface area contributed by atoms with Gasteiger partial charge in [0.05, 0.1) is 0 Å². The lowest BCUT2D eigenvalue weighted by molar-refractivity contribution is 0.314. The van der Waals surface area contributed by atoms with Crippen molar-refractivity contribution >= 4 is 0 Å². The maximum Gasteiger partial charge on any atom is 0.0349 e. The molecule has 2 aromatic carbocycles. The fourth-order valence-electron chi connectivity index (χ4n) is 3.22. The average molecular weight is 266 g/mol. The van der Waals surface area contributed by atoms with Crippen molar-refractivity contribution in [1.29, 1.82) is 0 Å². The Hall–Kier alpha value is -1.64. The van der Waals surface area contributed by atoms with Crippen molar-refractivity contribution in [3.63, 3.8) is 0 Å². The molecule has 0 bridgehead atoms. The van der Waals surface area contributed by atoms with Crippen LogP contribution in [0.2, 0.25) is 0 Å². The van der Waals surface area contributed by atoms with E-state index >= 15 is 0 Å². The molecule has 2 atom stereocenters. The number of hydrogen-bond acceptors (Lipinski definition) is 2. The van der Waals surface area contributed by atoms with Crippen LogP contribution in [0.25, 0.3) is 11.1 Å². The first kappa shape index (κ1) is 13.3. The minimum atomic E-state index is 0.507. The zero-order chi connectivity index (χ0) is 13.9. The van der Waals surface area contributed by atoms with Crippen LogP contribution in [0, 0.1) is 5.92 Å². The Balaban J connectivity index is 1.89. The molecule has 1 aliphatic rings. The predicted molar refractivity (Wildman–Crippen MR) is 84.4 cm³/mol. The second-order valence-electron chi connectivity index (χ2n) is 5.78. The first-order valence-electron chi connectivity index (χ1n) is 7.33. The molecule has 3 rings (SSSR count). The SMILES string of the molecule is CN1CC(CN)CC1c1cccc(-c2ccccc2)c1. The molecule has 2 aromatic rings. The van der Waals surface area contributed by atoms with E-state index in [0.717, 1.165) is 13.1 Å². The van der Waals surface area contributed by atoms with E-state index in [0.29, 0.717) is 12.0 Å². The van der Waals surface area contributed by atoms with Crippen molar-refractivity contribution < 1.29 is 0 Å². The molecule has 2 unspecified atom stereocenters. The molecule has 0 radical (unpaired) electrons. The zero-order valence-corrected chi connectivity index (χ0v) is 12.0. The second kappa shape index (κ2) is 5.78. The van der Waals surface area contributed by atoms with Crippen molar-refractivity contribution in [3.05, 3.63) is 60.2 Å². The van der Waals surface area contributed by atoms with Crippen molar-refractivity contribution in [1.82, 2.24) is 4.90 Å². The zero-order valence-electron chi connectivity index (χ0n) is 12.0. The molecule has 0 spiro atoms. The molecule has 2 nitrogen and oxygen atoms in total. The summed E-state index contributed by atoms with van der Waals surface area (Å²) in [6.45, 7) is 1.90. The van der Waals surface area contributed by atoms with E-state index in [1.165, 1.54) is 23.1 Å². The van der Waals surface area contributed by atoms with E-state index in [1.54, 1.807) is 0 Å². The third-order valence-corrected chi connectivity index (χ3v) is 4.35. The van der Waals surface area contributed by atoms with Crippen LogP contribution in [0.4, 0.5) is 0 Å². The lowest BCUT2D eigenvalue weighted by atomic mass is 9.96. The Morgan fingerprint density at radius 2 is 1.80 bits per heavy atom. The summed E-state index contributed by atoms with van der Waals surface area (Å²) < 4.78 is 0. The molecular weight excluding hydrogens is 244 g/mol. The topological polar surface area (TPSA) is 29.3 Å². The standard InChI is InChI=1S/C18H22N2/c1-20-13-14(12-19)10-18(20)17-9-5-8-16(11-17)15-6-3-2-4-7-15/h2-9,11,14,18H,10,12-13,19H2,1H3. The van der Waals surface area contributed by atoms with Gasteiger partial charge >= 0.3 is 0 Å². The number of rotatable bonds is 3. The summed E-state index contributed by atoms with van der Waals surface area (Å²) in [5.74, 6) is 0.630. The van der Waals surface area contributed by atoms with Crippen LogP contribution < -0.4 is 5.73 Å². The van der Waals surface area contributed by atoms with Gasteiger partial charge in [0.1, 0.15) is 0 Å². The number of nitrogens with zero attached hydrogens (tertiary/aromatic N) is 1. The Morgan fingerprint density at radius 3 is 2.50 bits per heavy atom. The Labute approximate surface area is 121 Å². The van der Waals surface area contributed by atoms with Gasteiger partial charge in [0.25, 0.3) is 0 Å². The highest BCUT2D eigenvalue weighted by Gasteiger charge is 2.29. The van der Waals surface area contributed by atoms with Crippen LogP contribution in [0.15, 0.2) is 54.6 Å². The summed E-state index contributed by atoms with van der Waals surface area (Å²) >= 11 is 0. The first-order chi connectivity index (χ1) is 9.78. The van der Waals surface area contributed by atoms with Gasteiger partial charge in [-0.15, -0.1) is 0 Å². The van der Waals surface area contributed by atoms with E-state index in [2.05, 4.69) is 66.5 Å². The Bertz CT molecular complexity index is 565. The average Bonchev–Trinajstić information content (AvgIpc) is 2.89. The van der Waals surface area contributed by atoms with Gasteiger partial charge in [-0.3, -0.25) is 4.90 Å². The minimum Gasteiger partial charge on any atom is -0.330 e. The fraction of sp³-hybridized carbons (Fsp3) is 0.333. The number of nitrogens with two attached hydrogens (primary N) is 1. The maximum absolute atomic E-state index is 5.83. The van der Waals surface area contributed by atoms with Crippen molar-refractivity contribution in [2.24, 2.45) is 11.7 Å². The Kier molecular flexibility index (Phi) is 3.86. The molecule has 1 heterocycles. The summed E-state index contributed by atoms with van der Waals surface area (Å²) in [6.07, 6.45) is 1.17. The first-order valence-corrected chi connectivity index (χ1v) is 7.33. The van der Waals surface area contributed by atoms with Gasteiger partial charge in [0, 0.05) is 12.6 Å². The maximum atomic E-state index is 5.83. The second-order valence-corrected chi connectivity index (χ2v) is 5.78. The van der Waals surface area contributed by atoms with Crippen molar-refractivity contribution in [3.8, 4) is 11.1 Å². The van der Waals surface area contributed by atoms with Gasteiger partial charge in [-0.05, 0) is 48.7 Å². The highest BCUT2D eigenvalue weighted by atomic mass is 15.2. The largest absolute Gasteiger partial charge is 0.330 e. The number of likely N-dealkylation sites (tertiary alicyclic amines) is 1. The third kappa shape index (κ3) is 2.62. The smallest absolute Gasteiger partial charge is 0.0349 e. The minimum absolute atomic E-state index is 0.507. The van der Waals surface area contributed by atoms with Gasteiger partial charge in [0.2, 0.25) is 0 Å². The monoisotopic (exact) mass is 266 g/mol. The van der Waals surface area contributed by atoms with Crippen LogP contribution in [0.3, 0.4) is 0 Å². The van der Waals surface area contributed by atoms with Crippen molar-refractivity contribution in [2.45, 2.75) is 12.5 Å². The normalized spacial score (nSPS) is 23.1. The van der Waals surface area contributed by atoms with E-state index in [-0.39, 0.29) is 0 Å². The summed E-state index contributed by atoms with van der Waals surface area (Å²) in [4.78, 5) is 2.43. The quantitative estimate of drug-likeness (QED) is 0.923. The predicted octanol–water partition coefficient (Wildman–Crippen LogP) is 3.31. The molecule has 1 saturated heterocycles. The molecule has 2 heteroatoms. The molecule has 0 aromatic heterocycles. The van der Waals surface area contributed by atoms with Crippen LogP contribution >= 0.6 is 0 Å². The Morgan fingerprint density at radius 1 is 1.05 bits per heavy atom. The number of benzene rings is 2. The summed E-state index contributed by atoms with van der Waals surface area (Å²) in [7, 11) is 2.20. The molecule has 2 N–H and O–H groups in total. The molecular formula is C18H22N2. The van der Waals surface area contributed by atoms with Crippen LogP contribution in [-0.2, 0) is 0 Å². The lowest BCUT2D eigenvalue weighted by Gasteiger charge is -2.20. The highest BCUT2D eigenvalue weighted by molar-refractivity contribution is 5.64. The molecule has 0 amide bonds. The van der Waals surface area contributed by atoms with Gasteiger partial charge < -0.3 is 5.73 Å². The highest BCUT2D eigenvalue weighted by Crippen LogP contribution is 2.35. The molecule has 104 valence electrons. The molecule has 0 saturated carbocycles. The van der Waals surface area contributed by atoms with Crippen LogP contribution in [0.5, 0.6) is 0 Å². The van der Waals surface area contributed by atoms with E-state index in [4.69, 9.17) is 5.73 Å². The lowest BCUT2D eigenvalue weighted by Crippen LogP contribution is -2.20. The molecule has 20 heavy (non-hydrogen) atoms. The van der Waals surface area contributed by atoms with Gasteiger partial charge in [-0.1, -0.05) is 48.5 Å². The fourth-order valence-corrected chi connectivity index (χ4v) is 3.22. The van der Waals surface area contributed by atoms with E-state index in [9.17, 15) is 0 Å². The van der Waals surface area contributed by atoms with Gasteiger partial charge in [-0.2, -0.15) is 0 Å². The molecule has 0 aliphatic carbocycles. The van der Waals surface area contributed by atoms with Crippen molar-refractivity contribution in [2.75, 3.05) is 20.1 Å².